The molecular formula is C24H27F3N6O. The minimum atomic E-state index is -4.17. The second-order valence-corrected chi connectivity index (χ2v) is 10.0. The lowest BCUT2D eigenvalue weighted by Gasteiger charge is -2.36. The molecule has 180 valence electrons. The summed E-state index contributed by atoms with van der Waals surface area (Å²) in [6, 6.07) is 0.507. The fraction of sp³-hybridized carbons (Fsp3) is 0.625. The zero-order valence-corrected chi connectivity index (χ0v) is 19.2. The molecule has 2 saturated carbocycles. The summed E-state index contributed by atoms with van der Waals surface area (Å²) in [5, 5.41) is 4.49. The van der Waals surface area contributed by atoms with E-state index in [0.717, 1.165) is 23.4 Å². The lowest BCUT2D eigenvalue weighted by Crippen LogP contribution is -2.35. The number of rotatable bonds is 4. The van der Waals surface area contributed by atoms with Crippen LogP contribution in [0.1, 0.15) is 91.0 Å². The number of hydrogen-bond acceptors (Lipinski definition) is 6. The number of hydrogen-bond donors (Lipinski definition) is 0. The van der Waals surface area contributed by atoms with E-state index in [9.17, 15) is 13.2 Å². The molecule has 3 aliphatic rings. The molecule has 0 aromatic carbocycles. The number of aryl methyl sites for hydroxylation is 2. The van der Waals surface area contributed by atoms with E-state index in [0.29, 0.717) is 41.8 Å². The third-order valence-corrected chi connectivity index (χ3v) is 7.54. The van der Waals surface area contributed by atoms with Crippen LogP contribution in [-0.4, -0.2) is 42.5 Å². The predicted molar refractivity (Wildman–Crippen MR) is 117 cm³/mol. The molecule has 2 aliphatic carbocycles. The molecule has 1 saturated heterocycles. The molecule has 0 radical (unpaired) electrons. The minimum Gasteiger partial charge on any atom is -0.373 e. The highest BCUT2D eigenvalue weighted by molar-refractivity contribution is 5.73. The second-order valence-electron chi connectivity index (χ2n) is 10.0. The molecule has 6 rings (SSSR count). The summed E-state index contributed by atoms with van der Waals surface area (Å²) in [7, 11) is 0. The van der Waals surface area contributed by atoms with Crippen molar-refractivity contribution in [2.75, 3.05) is 6.61 Å². The van der Waals surface area contributed by atoms with Gasteiger partial charge in [-0.05, 0) is 52.4 Å². The van der Waals surface area contributed by atoms with E-state index in [4.69, 9.17) is 14.7 Å². The molecule has 3 aromatic rings. The first-order valence-electron chi connectivity index (χ1n) is 12.0. The molecule has 34 heavy (non-hydrogen) atoms. The van der Waals surface area contributed by atoms with Gasteiger partial charge in [-0.3, -0.25) is 4.68 Å². The smallest absolute Gasteiger partial charge is 0.373 e. The first kappa shape index (κ1) is 21.9. The molecule has 1 aliphatic heterocycles. The van der Waals surface area contributed by atoms with Crippen LogP contribution in [0.3, 0.4) is 0 Å². The molecule has 7 nitrogen and oxygen atoms in total. The second kappa shape index (κ2) is 7.96. The van der Waals surface area contributed by atoms with Gasteiger partial charge in [0.05, 0.1) is 41.3 Å². The Morgan fingerprint density at radius 1 is 0.941 bits per heavy atom. The van der Waals surface area contributed by atoms with E-state index in [1.165, 1.54) is 12.8 Å². The molecule has 3 aromatic heterocycles. The number of aromatic nitrogens is 6. The van der Waals surface area contributed by atoms with Crippen LogP contribution in [0.2, 0.25) is 0 Å². The van der Waals surface area contributed by atoms with Gasteiger partial charge in [0.1, 0.15) is 11.3 Å². The van der Waals surface area contributed by atoms with Crippen molar-refractivity contribution in [3.63, 3.8) is 0 Å². The predicted octanol–water partition coefficient (Wildman–Crippen LogP) is 5.26. The Kier molecular flexibility index (Phi) is 5.13. The first-order valence-corrected chi connectivity index (χ1v) is 12.0. The Morgan fingerprint density at radius 2 is 1.71 bits per heavy atom. The van der Waals surface area contributed by atoms with E-state index in [1.54, 1.807) is 0 Å². The summed E-state index contributed by atoms with van der Waals surface area (Å²) in [4.78, 5) is 18.9. The molecule has 0 amide bonds. The molecule has 1 unspecified atom stereocenters. The van der Waals surface area contributed by atoms with Crippen LogP contribution in [0.5, 0.6) is 0 Å². The molecule has 2 atom stereocenters. The third kappa shape index (κ3) is 3.95. The molecule has 10 heteroatoms. The monoisotopic (exact) mass is 472 g/mol. The number of alkyl halides is 3. The normalized spacial score (nSPS) is 27.7. The molecular weight excluding hydrogens is 445 g/mol. The SMILES string of the molecule is Cc1nc2nc(C3CCO[C@@H](c4cnn(C5CC5)c4)C3)nc(C3CC(C(F)(F)F)C3)c2nc1C. The molecule has 0 spiro atoms. The van der Waals surface area contributed by atoms with Crippen LogP contribution in [0.25, 0.3) is 11.2 Å². The number of ether oxygens (including phenoxy) is 1. The van der Waals surface area contributed by atoms with Crippen molar-refractivity contribution in [3.05, 3.63) is 40.9 Å². The average molecular weight is 473 g/mol. The first-order chi connectivity index (χ1) is 16.3. The number of halogens is 3. The van der Waals surface area contributed by atoms with Gasteiger partial charge in [-0.15, -0.1) is 0 Å². The van der Waals surface area contributed by atoms with Gasteiger partial charge in [0.15, 0.2) is 5.65 Å². The van der Waals surface area contributed by atoms with Crippen molar-refractivity contribution in [2.45, 2.75) is 82.5 Å². The van der Waals surface area contributed by atoms with Gasteiger partial charge in [-0.1, -0.05) is 0 Å². The summed E-state index contributed by atoms with van der Waals surface area (Å²) in [5.74, 6) is -0.882. The van der Waals surface area contributed by atoms with Crippen molar-refractivity contribution in [1.82, 2.24) is 29.7 Å². The van der Waals surface area contributed by atoms with Gasteiger partial charge in [0.2, 0.25) is 0 Å². The lowest BCUT2D eigenvalue weighted by atomic mass is 9.72. The van der Waals surface area contributed by atoms with Crippen LogP contribution in [-0.2, 0) is 4.74 Å². The summed E-state index contributed by atoms with van der Waals surface area (Å²) in [5.41, 5.74) is 4.18. The standard InChI is InChI=1S/C24H27F3N6O/c1-12-13(2)30-23-21(29-12)20(15-7-17(8-15)24(25,26)27)31-22(32-23)14-5-6-34-19(9-14)16-10-28-33(11-16)18-3-4-18/h10-11,14-15,17-19H,3-9H2,1-2H3/t14?,15?,17?,19-/m1/s1. The Labute approximate surface area is 195 Å². The zero-order valence-electron chi connectivity index (χ0n) is 19.2. The van der Waals surface area contributed by atoms with Crippen LogP contribution in [0.4, 0.5) is 13.2 Å². The van der Waals surface area contributed by atoms with E-state index in [-0.39, 0.29) is 30.8 Å². The van der Waals surface area contributed by atoms with Crippen molar-refractivity contribution in [2.24, 2.45) is 5.92 Å². The fourth-order valence-corrected chi connectivity index (χ4v) is 5.05. The van der Waals surface area contributed by atoms with Crippen molar-refractivity contribution < 1.29 is 17.9 Å². The quantitative estimate of drug-likeness (QED) is 0.516. The van der Waals surface area contributed by atoms with E-state index >= 15 is 0 Å². The summed E-state index contributed by atoms with van der Waals surface area (Å²) in [6.45, 7) is 4.29. The lowest BCUT2D eigenvalue weighted by molar-refractivity contribution is -0.197. The third-order valence-electron chi connectivity index (χ3n) is 7.54. The van der Waals surface area contributed by atoms with E-state index < -0.39 is 12.1 Å². The minimum absolute atomic E-state index is 0.0353. The maximum absolute atomic E-state index is 13.2. The van der Waals surface area contributed by atoms with Gasteiger partial charge in [-0.2, -0.15) is 18.3 Å². The van der Waals surface area contributed by atoms with E-state index in [1.807, 2.05) is 24.7 Å². The van der Waals surface area contributed by atoms with Crippen LogP contribution in [0.15, 0.2) is 12.4 Å². The van der Waals surface area contributed by atoms with Crippen molar-refractivity contribution >= 4 is 11.2 Å². The van der Waals surface area contributed by atoms with Gasteiger partial charge in [0, 0.05) is 30.2 Å². The fourth-order valence-electron chi connectivity index (χ4n) is 5.05. The number of fused-ring (bicyclic) bond motifs is 1. The Hall–Kier alpha value is -2.62. The van der Waals surface area contributed by atoms with Crippen molar-refractivity contribution in [1.29, 1.82) is 0 Å². The molecule has 0 bridgehead atoms. The Bertz CT molecular complexity index is 1230. The van der Waals surface area contributed by atoms with Gasteiger partial charge < -0.3 is 4.74 Å². The van der Waals surface area contributed by atoms with Gasteiger partial charge >= 0.3 is 6.18 Å². The summed E-state index contributed by atoms with van der Waals surface area (Å²) >= 11 is 0. The average Bonchev–Trinajstić information content (AvgIpc) is 3.49. The Balaban J connectivity index is 1.32. The van der Waals surface area contributed by atoms with Crippen LogP contribution in [0, 0.1) is 19.8 Å². The molecule has 0 N–H and O–H groups in total. The van der Waals surface area contributed by atoms with Gasteiger partial charge in [0.25, 0.3) is 0 Å². The molecule has 3 fully saturated rings. The van der Waals surface area contributed by atoms with Crippen molar-refractivity contribution in [3.8, 4) is 0 Å². The molecule has 4 heterocycles. The van der Waals surface area contributed by atoms with Crippen LogP contribution >= 0.6 is 0 Å². The van der Waals surface area contributed by atoms with E-state index in [2.05, 4.69) is 21.3 Å². The summed E-state index contributed by atoms with van der Waals surface area (Å²) in [6.07, 6.45) is 3.56. The van der Waals surface area contributed by atoms with Gasteiger partial charge in [-0.25, -0.2) is 19.9 Å². The Morgan fingerprint density at radius 3 is 2.44 bits per heavy atom. The highest BCUT2D eigenvalue weighted by Crippen LogP contribution is 2.50. The largest absolute Gasteiger partial charge is 0.391 e. The highest BCUT2D eigenvalue weighted by Gasteiger charge is 2.49. The maximum Gasteiger partial charge on any atom is 0.391 e. The summed E-state index contributed by atoms with van der Waals surface area (Å²) < 4.78 is 47.6. The highest BCUT2D eigenvalue weighted by atomic mass is 19.4. The number of nitrogens with zero attached hydrogens (tertiary/aromatic N) is 6. The zero-order chi connectivity index (χ0) is 23.6. The topological polar surface area (TPSA) is 78.6 Å². The maximum atomic E-state index is 13.2. The van der Waals surface area contributed by atoms with Crippen LogP contribution < -0.4 is 0 Å².